The van der Waals surface area contributed by atoms with Crippen molar-refractivity contribution in [3.63, 3.8) is 0 Å². The maximum absolute atomic E-state index is 12.3. The molecule has 5 heteroatoms. The summed E-state index contributed by atoms with van der Waals surface area (Å²) in [5, 5.41) is 4.04. The number of para-hydroxylation sites is 2. The Bertz CT molecular complexity index is 1080. The zero-order chi connectivity index (χ0) is 15.4. The molecule has 4 nitrogen and oxygen atoms in total. The first kappa shape index (κ1) is 13.0. The van der Waals surface area contributed by atoms with Gasteiger partial charge >= 0.3 is 0 Å². The molecule has 2 heterocycles. The van der Waals surface area contributed by atoms with Crippen LogP contribution < -0.4 is 5.32 Å². The molecule has 1 aliphatic carbocycles. The number of fused-ring (bicyclic) bond motifs is 4. The van der Waals surface area contributed by atoms with Gasteiger partial charge in [-0.05, 0) is 43.2 Å². The van der Waals surface area contributed by atoms with Crippen LogP contribution in [0.5, 0.6) is 0 Å². The van der Waals surface area contributed by atoms with Crippen LogP contribution in [-0.4, -0.2) is 21.9 Å². The molecule has 0 saturated heterocycles. The number of nitrogens with one attached hydrogen (secondary N) is 1. The second-order valence-electron chi connectivity index (χ2n) is 5.93. The average molecular weight is 319 g/mol. The molecule has 112 valence electrons. The van der Waals surface area contributed by atoms with Crippen LogP contribution in [0.15, 0.2) is 42.5 Å². The monoisotopic (exact) mass is 319 g/mol. The Labute approximate surface area is 136 Å². The molecule has 2 aromatic carbocycles. The molecule has 1 fully saturated rings. The quantitative estimate of drug-likeness (QED) is 0.610. The number of hydrogen-bond donors (Lipinski definition) is 1. The van der Waals surface area contributed by atoms with Gasteiger partial charge in [-0.15, -0.1) is 11.3 Å². The van der Waals surface area contributed by atoms with Crippen molar-refractivity contribution in [3.8, 4) is 0 Å². The summed E-state index contributed by atoms with van der Waals surface area (Å²) >= 11 is 1.62. The van der Waals surface area contributed by atoms with Gasteiger partial charge < -0.3 is 5.32 Å². The molecule has 0 radical (unpaired) electrons. The SMILES string of the molecule is O=C(NC1CC1)c1ccc2sc3nc4ccccc4nc3c2c1. The predicted octanol–water partition coefficient (Wildman–Crippen LogP) is 3.89. The van der Waals surface area contributed by atoms with Crippen molar-refractivity contribution in [2.45, 2.75) is 18.9 Å². The molecule has 4 aromatic rings. The maximum Gasteiger partial charge on any atom is 0.251 e. The molecule has 23 heavy (non-hydrogen) atoms. The summed E-state index contributed by atoms with van der Waals surface area (Å²) < 4.78 is 1.11. The Morgan fingerprint density at radius 3 is 2.65 bits per heavy atom. The van der Waals surface area contributed by atoms with Crippen LogP contribution in [0.25, 0.3) is 31.5 Å². The number of aromatic nitrogens is 2. The molecule has 5 rings (SSSR count). The van der Waals surface area contributed by atoms with E-state index in [1.54, 1.807) is 11.3 Å². The minimum atomic E-state index is 0.00231. The van der Waals surface area contributed by atoms with Gasteiger partial charge in [-0.1, -0.05) is 12.1 Å². The molecule has 0 spiro atoms. The molecule has 1 saturated carbocycles. The van der Waals surface area contributed by atoms with E-state index in [9.17, 15) is 4.79 Å². The minimum Gasteiger partial charge on any atom is -0.349 e. The van der Waals surface area contributed by atoms with Crippen molar-refractivity contribution < 1.29 is 4.79 Å². The van der Waals surface area contributed by atoms with Gasteiger partial charge in [0, 0.05) is 21.7 Å². The Balaban J connectivity index is 1.71. The fourth-order valence-corrected chi connectivity index (χ4v) is 3.78. The second-order valence-corrected chi connectivity index (χ2v) is 6.96. The third-order valence-electron chi connectivity index (χ3n) is 4.15. The molecule has 2 aromatic heterocycles. The standard InChI is InChI=1S/C18H13N3OS/c22-17(19-11-6-7-11)10-5-8-15-12(9-10)16-18(23-15)21-14-4-2-1-3-13(14)20-16/h1-5,8-9,11H,6-7H2,(H,19,22). The highest BCUT2D eigenvalue weighted by Crippen LogP contribution is 2.33. The summed E-state index contributed by atoms with van der Waals surface area (Å²) in [5.41, 5.74) is 3.36. The second kappa shape index (κ2) is 4.73. The van der Waals surface area contributed by atoms with Crippen molar-refractivity contribution in [2.75, 3.05) is 0 Å². The van der Waals surface area contributed by atoms with E-state index in [2.05, 4.69) is 5.32 Å². The maximum atomic E-state index is 12.3. The molecular formula is C18H13N3OS. The highest BCUT2D eigenvalue weighted by Gasteiger charge is 2.24. The van der Waals surface area contributed by atoms with Gasteiger partial charge in [0.05, 0.1) is 11.0 Å². The largest absolute Gasteiger partial charge is 0.349 e. The molecule has 1 amide bonds. The van der Waals surface area contributed by atoms with E-state index in [4.69, 9.17) is 9.97 Å². The summed E-state index contributed by atoms with van der Waals surface area (Å²) in [5.74, 6) is 0.00231. The van der Waals surface area contributed by atoms with Gasteiger partial charge in [-0.3, -0.25) is 4.79 Å². The van der Waals surface area contributed by atoms with Gasteiger partial charge in [0.2, 0.25) is 0 Å². The van der Waals surface area contributed by atoms with Gasteiger partial charge in [0.25, 0.3) is 5.91 Å². The predicted molar refractivity (Wildman–Crippen MR) is 92.9 cm³/mol. The van der Waals surface area contributed by atoms with E-state index in [1.807, 2.05) is 42.5 Å². The van der Waals surface area contributed by atoms with Gasteiger partial charge in [0.1, 0.15) is 10.3 Å². The first-order chi connectivity index (χ1) is 11.3. The van der Waals surface area contributed by atoms with Crippen LogP contribution in [0.2, 0.25) is 0 Å². The minimum absolute atomic E-state index is 0.00231. The molecule has 1 aliphatic rings. The Kier molecular flexibility index (Phi) is 2.67. The lowest BCUT2D eigenvalue weighted by atomic mass is 10.1. The number of thiophene rings is 1. The Hall–Kier alpha value is -2.53. The number of carbonyl (C=O) groups excluding carboxylic acids is 1. The Morgan fingerprint density at radius 1 is 1.09 bits per heavy atom. The van der Waals surface area contributed by atoms with Crippen LogP contribution in [-0.2, 0) is 0 Å². The summed E-state index contributed by atoms with van der Waals surface area (Å²) in [6, 6.07) is 14.1. The van der Waals surface area contributed by atoms with Crippen molar-refractivity contribution in [3.05, 3.63) is 48.0 Å². The van der Waals surface area contributed by atoms with Crippen LogP contribution in [0, 0.1) is 0 Å². The van der Waals surface area contributed by atoms with Crippen LogP contribution >= 0.6 is 11.3 Å². The highest BCUT2D eigenvalue weighted by molar-refractivity contribution is 7.25. The first-order valence-corrected chi connectivity index (χ1v) is 8.49. The third kappa shape index (κ3) is 2.16. The van der Waals surface area contributed by atoms with Crippen molar-refractivity contribution in [1.82, 2.24) is 15.3 Å². The number of rotatable bonds is 2. The van der Waals surface area contributed by atoms with Crippen LogP contribution in [0.3, 0.4) is 0 Å². The number of nitrogens with zero attached hydrogens (tertiary/aromatic N) is 2. The van der Waals surface area contributed by atoms with Crippen molar-refractivity contribution >= 4 is 48.7 Å². The summed E-state index contributed by atoms with van der Waals surface area (Å²) in [6.07, 6.45) is 2.18. The number of benzene rings is 2. The van der Waals surface area contributed by atoms with Crippen molar-refractivity contribution in [2.24, 2.45) is 0 Å². The van der Waals surface area contributed by atoms with E-state index in [-0.39, 0.29) is 5.91 Å². The molecule has 0 unspecified atom stereocenters. The molecule has 0 aliphatic heterocycles. The number of carbonyl (C=O) groups is 1. The van der Waals surface area contributed by atoms with Crippen LogP contribution in [0.4, 0.5) is 0 Å². The van der Waals surface area contributed by atoms with Crippen LogP contribution in [0.1, 0.15) is 23.2 Å². The van der Waals surface area contributed by atoms with E-state index in [0.29, 0.717) is 11.6 Å². The van der Waals surface area contributed by atoms with E-state index in [0.717, 1.165) is 44.3 Å². The smallest absolute Gasteiger partial charge is 0.251 e. The Morgan fingerprint density at radius 2 is 1.87 bits per heavy atom. The molecule has 0 atom stereocenters. The molecule has 1 N–H and O–H groups in total. The third-order valence-corrected chi connectivity index (χ3v) is 5.21. The lowest BCUT2D eigenvalue weighted by Gasteiger charge is -2.03. The van der Waals surface area contributed by atoms with Gasteiger partial charge in [-0.25, -0.2) is 9.97 Å². The van der Waals surface area contributed by atoms with E-state index in [1.165, 1.54) is 0 Å². The average Bonchev–Trinajstić information content (AvgIpc) is 3.32. The number of amides is 1. The van der Waals surface area contributed by atoms with Gasteiger partial charge in [-0.2, -0.15) is 0 Å². The summed E-state index contributed by atoms with van der Waals surface area (Å²) in [4.78, 5) is 22.6. The topological polar surface area (TPSA) is 54.9 Å². The molecule has 0 bridgehead atoms. The van der Waals surface area contributed by atoms with Crippen molar-refractivity contribution in [1.29, 1.82) is 0 Å². The number of hydrogen-bond acceptors (Lipinski definition) is 4. The normalized spacial score (nSPS) is 14.6. The summed E-state index contributed by atoms with van der Waals surface area (Å²) in [6.45, 7) is 0. The van der Waals surface area contributed by atoms with Gasteiger partial charge in [0.15, 0.2) is 0 Å². The fraction of sp³-hybridized carbons (Fsp3) is 0.167. The zero-order valence-electron chi connectivity index (χ0n) is 12.2. The fourth-order valence-electron chi connectivity index (χ4n) is 2.78. The lowest BCUT2D eigenvalue weighted by molar-refractivity contribution is 0.0951. The van der Waals surface area contributed by atoms with E-state index < -0.39 is 0 Å². The lowest BCUT2D eigenvalue weighted by Crippen LogP contribution is -2.25. The first-order valence-electron chi connectivity index (χ1n) is 7.68. The summed E-state index contributed by atoms with van der Waals surface area (Å²) in [7, 11) is 0. The zero-order valence-corrected chi connectivity index (χ0v) is 13.1. The highest BCUT2D eigenvalue weighted by atomic mass is 32.1. The van der Waals surface area contributed by atoms with E-state index >= 15 is 0 Å². The molecular weight excluding hydrogens is 306 g/mol.